The molecule has 0 aromatic heterocycles. The molecule has 0 unspecified atom stereocenters. The van der Waals surface area contributed by atoms with E-state index in [1.165, 1.54) is 83.5 Å². The van der Waals surface area contributed by atoms with Crippen molar-refractivity contribution in [1.29, 1.82) is 0 Å². The SMILES string of the molecule is CCC=C(C)C(=O)OCCCCCCCCCCCCCCCC. The zero-order chi connectivity index (χ0) is 17.9. The van der Waals surface area contributed by atoms with Crippen LogP contribution >= 0.6 is 0 Å². The third-order valence-corrected chi connectivity index (χ3v) is 4.56. The summed E-state index contributed by atoms with van der Waals surface area (Å²) in [6, 6.07) is 0. The fraction of sp³-hybridized carbons (Fsp3) is 0.864. The molecular weight excluding hydrogens is 296 g/mol. The molecule has 142 valence electrons. The lowest BCUT2D eigenvalue weighted by molar-refractivity contribution is -0.139. The van der Waals surface area contributed by atoms with Gasteiger partial charge in [0.25, 0.3) is 0 Å². The molecule has 0 bridgehead atoms. The molecule has 0 rings (SSSR count). The Labute approximate surface area is 151 Å². The summed E-state index contributed by atoms with van der Waals surface area (Å²) in [6.07, 6.45) is 21.7. The molecule has 2 nitrogen and oxygen atoms in total. The average Bonchev–Trinajstić information content (AvgIpc) is 2.58. The average molecular weight is 339 g/mol. The number of ether oxygens (including phenoxy) is 1. The van der Waals surface area contributed by atoms with Crippen molar-refractivity contribution >= 4 is 5.97 Å². The minimum absolute atomic E-state index is 0.147. The van der Waals surface area contributed by atoms with E-state index in [9.17, 15) is 4.79 Å². The van der Waals surface area contributed by atoms with Crippen LogP contribution in [0.3, 0.4) is 0 Å². The van der Waals surface area contributed by atoms with Crippen molar-refractivity contribution in [2.45, 2.75) is 117 Å². The molecule has 0 spiro atoms. The fourth-order valence-electron chi connectivity index (χ4n) is 2.96. The van der Waals surface area contributed by atoms with E-state index in [0.717, 1.165) is 18.4 Å². The van der Waals surface area contributed by atoms with Crippen molar-refractivity contribution in [3.05, 3.63) is 11.6 Å². The molecule has 0 aliphatic carbocycles. The Kier molecular flexibility index (Phi) is 17.9. The van der Waals surface area contributed by atoms with Crippen LogP contribution in [0.15, 0.2) is 11.6 Å². The van der Waals surface area contributed by atoms with Crippen molar-refractivity contribution in [3.63, 3.8) is 0 Å². The third kappa shape index (κ3) is 16.1. The maximum Gasteiger partial charge on any atom is 0.333 e. The maximum atomic E-state index is 11.6. The molecule has 24 heavy (non-hydrogen) atoms. The number of hydrogen-bond acceptors (Lipinski definition) is 2. The number of hydrogen-bond donors (Lipinski definition) is 0. The van der Waals surface area contributed by atoms with Gasteiger partial charge in [0, 0.05) is 5.57 Å². The van der Waals surface area contributed by atoms with Gasteiger partial charge in [-0.15, -0.1) is 0 Å². The first-order valence-corrected chi connectivity index (χ1v) is 10.6. The summed E-state index contributed by atoms with van der Waals surface area (Å²) < 4.78 is 5.26. The van der Waals surface area contributed by atoms with E-state index in [2.05, 4.69) is 6.92 Å². The monoisotopic (exact) mass is 338 g/mol. The van der Waals surface area contributed by atoms with Gasteiger partial charge in [-0.05, 0) is 19.8 Å². The van der Waals surface area contributed by atoms with Gasteiger partial charge in [-0.3, -0.25) is 0 Å². The topological polar surface area (TPSA) is 26.3 Å². The molecule has 0 saturated carbocycles. The summed E-state index contributed by atoms with van der Waals surface area (Å²) in [4.78, 5) is 11.6. The molecule has 0 aromatic rings. The summed E-state index contributed by atoms with van der Waals surface area (Å²) in [5, 5.41) is 0. The van der Waals surface area contributed by atoms with Gasteiger partial charge < -0.3 is 4.74 Å². The molecule has 0 saturated heterocycles. The Morgan fingerprint density at radius 1 is 0.708 bits per heavy atom. The standard InChI is InChI=1S/C22H42O2/c1-4-6-7-8-9-10-11-12-13-14-15-16-17-18-20-24-22(23)21(3)19-5-2/h19H,4-18,20H2,1-3H3. The van der Waals surface area contributed by atoms with Crippen molar-refractivity contribution in [3.8, 4) is 0 Å². The fourth-order valence-corrected chi connectivity index (χ4v) is 2.96. The highest BCUT2D eigenvalue weighted by atomic mass is 16.5. The zero-order valence-corrected chi connectivity index (χ0v) is 16.7. The molecule has 0 amide bonds. The van der Waals surface area contributed by atoms with Gasteiger partial charge in [0.15, 0.2) is 0 Å². The largest absolute Gasteiger partial charge is 0.462 e. The highest BCUT2D eigenvalue weighted by Gasteiger charge is 2.03. The van der Waals surface area contributed by atoms with E-state index in [0.29, 0.717) is 6.61 Å². The number of carbonyl (C=O) groups is 1. The van der Waals surface area contributed by atoms with Crippen molar-refractivity contribution in [2.75, 3.05) is 6.61 Å². The number of rotatable bonds is 17. The summed E-state index contributed by atoms with van der Waals surface area (Å²) >= 11 is 0. The first-order valence-electron chi connectivity index (χ1n) is 10.6. The second-order valence-electron chi connectivity index (χ2n) is 7.03. The molecule has 0 N–H and O–H groups in total. The Balaban J connectivity index is 3.18. The van der Waals surface area contributed by atoms with Crippen LogP contribution in [-0.4, -0.2) is 12.6 Å². The zero-order valence-electron chi connectivity index (χ0n) is 16.7. The lowest BCUT2D eigenvalue weighted by Gasteiger charge is -2.05. The van der Waals surface area contributed by atoms with E-state index >= 15 is 0 Å². The molecule has 0 radical (unpaired) electrons. The summed E-state index contributed by atoms with van der Waals surface area (Å²) in [6.45, 7) is 6.71. The molecule has 0 atom stereocenters. The van der Waals surface area contributed by atoms with Gasteiger partial charge in [0.1, 0.15) is 0 Å². The smallest absolute Gasteiger partial charge is 0.333 e. The van der Waals surface area contributed by atoms with Gasteiger partial charge in [-0.2, -0.15) is 0 Å². The Morgan fingerprint density at radius 2 is 1.12 bits per heavy atom. The van der Waals surface area contributed by atoms with Crippen LogP contribution in [0.2, 0.25) is 0 Å². The van der Waals surface area contributed by atoms with Gasteiger partial charge in [0.2, 0.25) is 0 Å². The Morgan fingerprint density at radius 3 is 1.54 bits per heavy atom. The molecule has 0 heterocycles. The van der Waals surface area contributed by atoms with Gasteiger partial charge in [-0.25, -0.2) is 4.79 Å². The van der Waals surface area contributed by atoms with E-state index in [1.807, 2.05) is 19.9 Å². The van der Waals surface area contributed by atoms with E-state index in [1.54, 1.807) is 0 Å². The van der Waals surface area contributed by atoms with Gasteiger partial charge in [0.05, 0.1) is 6.61 Å². The normalized spacial score (nSPS) is 11.7. The number of esters is 1. The minimum Gasteiger partial charge on any atom is -0.462 e. The Bertz CT molecular complexity index is 307. The van der Waals surface area contributed by atoms with Crippen molar-refractivity contribution < 1.29 is 9.53 Å². The van der Waals surface area contributed by atoms with Crippen molar-refractivity contribution in [2.24, 2.45) is 0 Å². The quantitative estimate of drug-likeness (QED) is 0.157. The Hall–Kier alpha value is -0.790. The molecule has 2 heteroatoms. The minimum atomic E-state index is -0.147. The molecule has 0 aliphatic rings. The maximum absolute atomic E-state index is 11.6. The van der Waals surface area contributed by atoms with Crippen LogP contribution in [0.25, 0.3) is 0 Å². The summed E-state index contributed by atoms with van der Waals surface area (Å²) in [5.74, 6) is -0.147. The second kappa shape index (κ2) is 18.5. The molecule has 0 aliphatic heterocycles. The van der Waals surface area contributed by atoms with Crippen LogP contribution in [0.1, 0.15) is 117 Å². The first-order chi connectivity index (χ1) is 11.7. The summed E-state index contributed by atoms with van der Waals surface area (Å²) in [5.41, 5.74) is 0.739. The molecule has 0 fully saturated rings. The van der Waals surface area contributed by atoms with Crippen LogP contribution in [0.5, 0.6) is 0 Å². The van der Waals surface area contributed by atoms with E-state index in [4.69, 9.17) is 4.74 Å². The first kappa shape index (κ1) is 23.2. The number of allylic oxidation sites excluding steroid dienone is 1. The highest BCUT2D eigenvalue weighted by molar-refractivity contribution is 5.87. The lowest BCUT2D eigenvalue weighted by atomic mass is 10.0. The van der Waals surface area contributed by atoms with Gasteiger partial charge in [-0.1, -0.05) is 103 Å². The van der Waals surface area contributed by atoms with Crippen LogP contribution in [-0.2, 0) is 9.53 Å². The van der Waals surface area contributed by atoms with Crippen LogP contribution < -0.4 is 0 Å². The molecular formula is C22H42O2. The van der Waals surface area contributed by atoms with Crippen LogP contribution in [0, 0.1) is 0 Å². The second-order valence-corrected chi connectivity index (χ2v) is 7.03. The molecule has 0 aromatic carbocycles. The van der Waals surface area contributed by atoms with Crippen LogP contribution in [0.4, 0.5) is 0 Å². The van der Waals surface area contributed by atoms with E-state index < -0.39 is 0 Å². The van der Waals surface area contributed by atoms with Crippen molar-refractivity contribution in [1.82, 2.24) is 0 Å². The highest BCUT2D eigenvalue weighted by Crippen LogP contribution is 2.13. The number of carbonyl (C=O) groups excluding carboxylic acids is 1. The lowest BCUT2D eigenvalue weighted by Crippen LogP contribution is -2.07. The third-order valence-electron chi connectivity index (χ3n) is 4.56. The van der Waals surface area contributed by atoms with Gasteiger partial charge >= 0.3 is 5.97 Å². The summed E-state index contributed by atoms with van der Waals surface area (Å²) in [7, 11) is 0. The predicted molar refractivity (Wildman–Crippen MR) is 105 cm³/mol. The number of unbranched alkanes of at least 4 members (excludes halogenated alkanes) is 13. The predicted octanol–water partition coefficient (Wildman–Crippen LogP) is 7.37. The van der Waals surface area contributed by atoms with E-state index in [-0.39, 0.29) is 5.97 Å².